The van der Waals surface area contributed by atoms with Gasteiger partial charge < -0.3 is 9.80 Å². The molecule has 0 aliphatic heterocycles. The fourth-order valence-electron chi connectivity index (χ4n) is 4.29. The van der Waals surface area contributed by atoms with Gasteiger partial charge in [0.05, 0.1) is 0 Å². The monoisotopic (exact) mass is 396 g/mol. The van der Waals surface area contributed by atoms with Gasteiger partial charge in [0.15, 0.2) is 0 Å². The molecule has 154 valence electrons. The number of allylic oxidation sites excluding steroid dienone is 4. The van der Waals surface area contributed by atoms with Gasteiger partial charge in [0, 0.05) is 24.9 Å². The van der Waals surface area contributed by atoms with Gasteiger partial charge in [-0.2, -0.15) is 0 Å². The number of likely N-dealkylation sites (N-methyl/N-ethyl adjacent to an activating group) is 2. The summed E-state index contributed by atoms with van der Waals surface area (Å²) in [7, 11) is 8.46. The van der Waals surface area contributed by atoms with Crippen LogP contribution >= 0.6 is 0 Å². The van der Waals surface area contributed by atoms with Crippen molar-refractivity contribution in [2.24, 2.45) is 0 Å². The lowest BCUT2D eigenvalue weighted by atomic mass is 9.95. The van der Waals surface area contributed by atoms with E-state index >= 15 is 0 Å². The first-order valence-electron chi connectivity index (χ1n) is 10.8. The highest BCUT2D eigenvalue weighted by Crippen LogP contribution is 2.31. The van der Waals surface area contributed by atoms with Gasteiger partial charge in [-0.15, -0.1) is 0 Å². The minimum Gasteiger partial charge on any atom is -0.305 e. The smallest absolute Gasteiger partial charge is 0.0224 e. The molecule has 0 N–H and O–H groups in total. The zero-order chi connectivity index (χ0) is 21.1. The van der Waals surface area contributed by atoms with E-state index in [0.717, 1.165) is 13.1 Å². The van der Waals surface area contributed by atoms with E-state index in [2.05, 4.69) is 123 Å². The molecule has 30 heavy (non-hydrogen) atoms. The molecule has 0 bridgehead atoms. The van der Waals surface area contributed by atoms with Crippen LogP contribution in [0.5, 0.6) is 0 Å². The minimum absolute atomic E-state index is 0.397. The third kappa shape index (κ3) is 4.89. The van der Waals surface area contributed by atoms with Gasteiger partial charge in [-0.1, -0.05) is 85.0 Å². The average molecular weight is 397 g/mol. The Morgan fingerprint density at radius 1 is 0.567 bits per heavy atom. The third-order valence-electron chi connectivity index (χ3n) is 5.74. The molecule has 2 aliphatic rings. The summed E-state index contributed by atoms with van der Waals surface area (Å²) in [6.07, 6.45) is 13.9. The second-order valence-electron chi connectivity index (χ2n) is 8.97. The fourth-order valence-corrected chi connectivity index (χ4v) is 4.29. The largest absolute Gasteiger partial charge is 0.305 e. The van der Waals surface area contributed by atoms with E-state index in [1.165, 1.54) is 33.4 Å². The first kappa shape index (κ1) is 20.6. The van der Waals surface area contributed by atoms with Crippen molar-refractivity contribution in [2.45, 2.75) is 11.8 Å². The van der Waals surface area contributed by atoms with Crippen molar-refractivity contribution in [2.75, 3.05) is 41.3 Å². The van der Waals surface area contributed by atoms with Crippen LogP contribution in [0.3, 0.4) is 0 Å². The number of nitrogens with zero attached hydrogens (tertiary/aromatic N) is 2. The normalized spacial score (nSPS) is 20.3. The summed E-state index contributed by atoms with van der Waals surface area (Å²) in [4.78, 5) is 4.43. The van der Waals surface area contributed by atoms with Gasteiger partial charge in [0.1, 0.15) is 0 Å². The summed E-state index contributed by atoms with van der Waals surface area (Å²) < 4.78 is 0. The molecule has 0 amide bonds. The Morgan fingerprint density at radius 2 is 0.933 bits per heavy atom. The number of rotatable bonds is 7. The van der Waals surface area contributed by atoms with E-state index in [9.17, 15) is 0 Å². The summed E-state index contributed by atoms with van der Waals surface area (Å²) in [6, 6.07) is 18.1. The summed E-state index contributed by atoms with van der Waals surface area (Å²) in [5.41, 5.74) is 8.05. The quantitative estimate of drug-likeness (QED) is 0.598. The van der Waals surface area contributed by atoms with Crippen LogP contribution in [0.2, 0.25) is 0 Å². The van der Waals surface area contributed by atoms with E-state index in [1.54, 1.807) is 0 Å². The highest BCUT2D eigenvalue weighted by atomic mass is 15.1. The lowest BCUT2D eigenvalue weighted by molar-refractivity contribution is 0.449. The number of hydrogen-bond acceptors (Lipinski definition) is 2. The van der Waals surface area contributed by atoms with E-state index in [-0.39, 0.29) is 0 Å². The van der Waals surface area contributed by atoms with Crippen LogP contribution in [0.15, 0.2) is 96.1 Å². The molecule has 0 heterocycles. The predicted molar refractivity (Wildman–Crippen MR) is 129 cm³/mol. The van der Waals surface area contributed by atoms with Gasteiger partial charge >= 0.3 is 0 Å². The Bertz CT molecular complexity index is 902. The zero-order valence-electron chi connectivity index (χ0n) is 18.5. The Morgan fingerprint density at radius 3 is 1.27 bits per heavy atom. The van der Waals surface area contributed by atoms with Gasteiger partial charge in [0.25, 0.3) is 0 Å². The van der Waals surface area contributed by atoms with Crippen molar-refractivity contribution in [3.05, 3.63) is 107 Å². The molecule has 2 heteroatoms. The maximum Gasteiger partial charge on any atom is 0.0224 e. The molecule has 2 unspecified atom stereocenters. The standard InChI is InChI=1S/C28H32N2/c1-29(2)19-21-5-7-27(17-21)25-13-9-23(10-14-25)24-11-15-26(16-12-24)28-8-6-22(18-28)20-30(3)4/h5-18,27-28H,19-20H2,1-4H3. The van der Waals surface area contributed by atoms with Crippen molar-refractivity contribution in [1.29, 1.82) is 0 Å². The Labute approximate surface area is 181 Å². The molecular weight excluding hydrogens is 364 g/mol. The molecule has 2 nitrogen and oxygen atoms in total. The van der Waals surface area contributed by atoms with Crippen LogP contribution in [0, 0.1) is 0 Å². The molecule has 0 aromatic heterocycles. The predicted octanol–water partition coefficient (Wildman–Crippen LogP) is 5.64. The lowest BCUT2D eigenvalue weighted by Gasteiger charge is -2.11. The Balaban J connectivity index is 1.43. The van der Waals surface area contributed by atoms with Crippen molar-refractivity contribution < 1.29 is 0 Å². The Hall–Kier alpha value is -2.68. The second kappa shape index (κ2) is 8.99. The van der Waals surface area contributed by atoms with Crippen molar-refractivity contribution >= 4 is 0 Å². The van der Waals surface area contributed by atoms with Crippen LogP contribution in [-0.4, -0.2) is 51.1 Å². The molecule has 2 aromatic rings. The molecule has 0 saturated heterocycles. The molecule has 2 atom stereocenters. The zero-order valence-corrected chi connectivity index (χ0v) is 18.5. The molecule has 0 fully saturated rings. The fraction of sp³-hybridized carbons (Fsp3) is 0.286. The molecule has 0 saturated carbocycles. The van der Waals surface area contributed by atoms with E-state index in [1.807, 2.05) is 0 Å². The molecule has 2 aromatic carbocycles. The second-order valence-corrected chi connectivity index (χ2v) is 8.97. The van der Waals surface area contributed by atoms with Gasteiger partial charge in [0.2, 0.25) is 0 Å². The van der Waals surface area contributed by atoms with Crippen LogP contribution in [0.4, 0.5) is 0 Å². The highest BCUT2D eigenvalue weighted by molar-refractivity contribution is 5.65. The van der Waals surface area contributed by atoms with E-state index in [4.69, 9.17) is 0 Å². The lowest BCUT2D eigenvalue weighted by Crippen LogP contribution is -2.13. The first-order valence-corrected chi connectivity index (χ1v) is 10.8. The molecule has 4 rings (SSSR count). The summed E-state index contributed by atoms with van der Waals surface area (Å²) in [5, 5.41) is 0. The van der Waals surface area contributed by atoms with Crippen molar-refractivity contribution in [3.8, 4) is 11.1 Å². The summed E-state index contributed by atoms with van der Waals surface area (Å²) >= 11 is 0. The number of benzene rings is 2. The van der Waals surface area contributed by atoms with Crippen LogP contribution in [-0.2, 0) is 0 Å². The molecule has 2 aliphatic carbocycles. The van der Waals surface area contributed by atoms with E-state index < -0.39 is 0 Å². The van der Waals surface area contributed by atoms with Gasteiger partial charge in [-0.3, -0.25) is 0 Å². The SMILES string of the molecule is CN(C)CC1=CC(c2ccc(-c3ccc(C4C=CC(CN(C)C)=C4)cc3)cc2)C=C1. The third-order valence-corrected chi connectivity index (χ3v) is 5.74. The van der Waals surface area contributed by atoms with Crippen LogP contribution in [0.1, 0.15) is 23.0 Å². The molecule has 0 radical (unpaired) electrons. The summed E-state index contributed by atoms with van der Waals surface area (Å²) in [6.45, 7) is 2.00. The van der Waals surface area contributed by atoms with Crippen LogP contribution < -0.4 is 0 Å². The maximum absolute atomic E-state index is 2.37. The minimum atomic E-state index is 0.397. The summed E-state index contributed by atoms with van der Waals surface area (Å²) in [5.74, 6) is 0.794. The Kier molecular flexibility index (Phi) is 6.17. The highest BCUT2D eigenvalue weighted by Gasteiger charge is 2.14. The van der Waals surface area contributed by atoms with Gasteiger partial charge in [-0.25, -0.2) is 0 Å². The number of hydrogen-bond donors (Lipinski definition) is 0. The van der Waals surface area contributed by atoms with Crippen LogP contribution in [0.25, 0.3) is 11.1 Å². The van der Waals surface area contributed by atoms with Crippen molar-refractivity contribution in [3.63, 3.8) is 0 Å². The average Bonchev–Trinajstić information content (AvgIpc) is 3.37. The first-order chi connectivity index (χ1) is 14.5. The van der Waals surface area contributed by atoms with Crippen molar-refractivity contribution in [1.82, 2.24) is 9.80 Å². The van der Waals surface area contributed by atoms with E-state index in [0.29, 0.717) is 11.8 Å². The maximum atomic E-state index is 2.37. The topological polar surface area (TPSA) is 6.48 Å². The van der Waals surface area contributed by atoms with Gasteiger partial charge in [-0.05, 0) is 61.6 Å². The molecular formula is C28H32N2. The molecule has 0 spiro atoms.